The zero-order chi connectivity index (χ0) is 14.7. The number of nitrogens with zero attached hydrogens (tertiary/aromatic N) is 2. The molecule has 0 saturated carbocycles. The predicted molar refractivity (Wildman–Crippen MR) is 75.7 cm³/mol. The molecule has 1 aromatic carbocycles. The molecular weight excluding hydrogens is 280 g/mol. The van der Waals surface area contributed by atoms with E-state index in [4.69, 9.17) is 11.6 Å². The fourth-order valence-corrected chi connectivity index (χ4v) is 1.87. The van der Waals surface area contributed by atoms with Crippen LogP contribution in [0.3, 0.4) is 0 Å². The number of hydrogen-bond acceptors (Lipinski definition) is 4. The van der Waals surface area contributed by atoms with Gasteiger partial charge in [-0.05, 0) is 25.1 Å². The van der Waals surface area contributed by atoms with E-state index in [-0.39, 0.29) is 5.56 Å². The Morgan fingerprint density at radius 1 is 1.25 bits per heavy atom. The molecule has 104 valence electrons. The Labute approximate surface area is 120 Å². The third-order valence-corrected chi connectivity index (χ3v) is 3.13. The molecule has 0 radical (unpaired) electrons. The van der Waals surface area contributed by atoms with Crippen molar-refractivity contribution in [2.45, 2.75) is 13.0 Å². The maximum absolute atomic E-state index is 11.8. The van der Waals surface area contributed by atoms with Crippen molar-refractivity contribution in [3.63, 3.8) is 0 Å². The highest BCUT2D eigenvalue weighted by molar-refractivity contribution is 6.30. The summed E-state index contributed by atoms with van der Waals surface area (Å²) in [4.78, 5) is 23.3. The minimum absolute atomic E-state index is 0.361. The molecule has 0 spiro atoms. The van der Waals surface area contributed by atoms with E-state index >= 15 is 0 Å². The summed E-state index contributed by atoms with van der Waals surface area (Å²) in [6.07, 6.45) is 0. The molecule has 0 bridgehead atoms. The maximum Gasteiger partial charge on any atom is 0.330 e. The summed E-state index contributed by atoms with van der Waals surface area (Å²) >= 11 is 5.83. The summed E-state index contributed by atoms with van der Waals surface area (Å²) in [6, 6.07) is 9.25. The fraction of sp³-hybridized carbons (Fsp3) is 0.214. The van der Waals surface area contributed by atoms with Gasteiger partial charge in [-0.15, -0.1) is 0 Å². The van der Waals surface area contributed by atoms with Gasteiger partial charge in [0.15, 0.2) is 6.04 Å². The van der Waals surface area contributed by atoms with Crippen molar-refractivity contribution < 1.29 is 9.53 Å². The minimum atomic E-state index is -0.778. The van der Waals surface area contributed by atoms with Crippen LogP contribution in [0.2, 0.25) is 5.02 Å². The first-order valence-corrected chi connectivity index (χ1v) is 6.34. The standard InChI is InChI=1S/C14H13ClN2O3/c1-9(14(19)20-2)17-13(18)8-7-12(16-17)10-3-5-11(15)6-4-10/h3-9H,1-2H3/t9-/m1/s1. The third kappa shape index (κ3) is 2.88. The van der Waals surface area contributed by atoms with Gasteiger partial charge in [-0.2, -0.15) is 5.10 Å². The lowest BCUT2D eigenvalue weighted by Gasteiger charge is -2.12. The van der Waals surface area contributed by atoms with Crippen LogP contribution in [0.25, 0.3) is 11.3 Å². The highest BCUT2D eigenvalue weighted by Crippen LogP contribution is 2.19. The Kier molecular flexibility index (Phi) is 4.20. The molecule has 5 nitrogen and oxygen atoms in total. The Bertz CT molecular complexity index is 680. The normalized spacial score (nSPS) is 11.9. The monoisotopic (exact) mass is 292 g/mol. The average molecular weight is 293 g/mol. The fourth-order valence-electron chi connectivity index (χ4n) is 1.75. The maximum atomic E-state index is 11.8. The lowest BCUT2D eigenvalue weighted by molar-refractivity contribution is -0.144. The molecule has 1 heterocycles. The van der Waals surface area contributed by atoms with Crippen molar-refractivity contribution in [2.24, 2.45) is 0 Å². The molecule has 0 saturated heterocycles. The van der Waals surface area contributed by atoms with Gasteiger partial charge in [0, 0.05) is 16.7 Å². The number of esters is 1. The van der Waals surface area contributed by atoms with Gasteiger partial charge in [0.2, 0.25) is 0 Å². The quantitative estimate of drug-likeness (QED) is 0.814. The van der Waals surface area contributed by atoms with Gasteiger partial charge in [0.25, 0.3) is 5.56 Å². The Morgan fingerprint density at radius 2 is 1.90 bits per heavy atom. The van der Waals surface area contributed by atoms with E-state index < -0.39 is 12.0 Å². The largest absolute Gasteiger partial charge is 0.467 e. The lowest BCUT2D eigenvalue weighted by Crippen LogP contribution is -2.30. The van der Waals surface area contributed by atoms with E-state index in [0.717, 1.165) is 10.2 Å². The third-order valence-electron chi connectivity index (χ3n) is 2.87. The van der Waals surface area contributed by atoms with E-state index in [0.29, 0.717) is 10.7 Å². The predicted octanol–water partition coefficient (Wildman–Crippen LogP) is 2.30. The molecule has 0 amide bonds. The Morgan fingerprint density at radius 3 is 2.50 bits per heavy atom. The topological polar surface area (TPSA) is 61.2 Å². The van der Waals surface area contributed by atoms with Crippen LogP contribution in [-0.4, -0.2) is 22.9 Å². The zero-order valence-electron chi connectivity index (χ0n) is 11.0. The van der Waals surface area contributed by atoms with Crippen LogP contribution in [-0.2, 0) is 9.53 Å². The van der Waals surface area contributed by atoms with Crippen molar-refractivity contribution in [1.82, 2.24) is 9.78 Å². The van der Waals surface area contributed by atoms with E-state index in [2.05, 4.69) is 9.84 Å². The van der Waals surface area contributed by atoms with Crippen LogP contribution >= 0.6 is 11.6 Å². The van der Waals surface area contributed by atoms with E-state index in [1.165, 1.54) is 13.2 Å². The van der Waals surface area contributed by atoms with Gasteiger partial charge in [-0.25, -0.2) is 9.48 Å². The van der Waals surface area contributed by atoms with Gasteiger partial charge in [-0.1, -0.05) is 23.7 Å². The number of aromatic nitrogens is 2. The van der Waals surface area contributed by atoms with E-state index in [1.54, 1.807) is 37.3 Å². The first-order valence-electron chi connectivity index (χ1n) is 5.96. The first kappa shape index (κ1) is 14.3. The number of ether oxygens (including phenoxy) is 1. The van der Waals surface area contributed by atoms with Crippen LogP contribution in [0.5, 0.6) is 0 Å². The summed E-state index contributed by atoms with van der Waals surface area (Å²) in [7, 11) is 1.27. The number of rotatable bonds is 3. The summed E-state index contributed by atoms with van der Waals surface area (Å²) in [6.45, 7) is 1.56. The van der Waals surface area contributed by atoms with Crippen LogP contribution in [0.4, 0.5) is 0 Å². The second-order valence-corrected chi connectivity index (χ2v) is 4.64. The summed E-state index contributed by atoms with van der Waals surface area (Å²) < 4.78 is 5.73. The lowest BCUT2D eigenvalue weighted by atomic mass is 10.1. The molecule has 0 aliphatic heterocycles. The number of methoxy groups -OCH3 is 1. The average Bonchev–Trinajstić information content (AvgIpc) is 2.47. The molecule has 1 atom stereocenters. The van der Waals surface area contributed by atoms with Crippen molar-refractivity contribution in [3.05, 3.63) is 51.8 Å². The van der Waals surface area contributed by atoms with E-state index in [1.807, 2.05) is 0 Å². The SMILES string of the molecule is COC(=O)[C@@H](C)n1nc(-c2ccc(Cl)cc2)ccc1=O. The number of benzene rings is 1. The molecule has 0 aliphatic carbocycles. The van der Waals surface area contributed by atoms with Crippen molar-refractivity contribution in [2.75, 3.05) is 7.11 Å². The van der Waals surface area contributed by atoms with Crippen LogP contribution in [0.1, 0.15) is 13.0 Å². The van der Waals surface area contributed by atoms with Crippen LogP contribution in [0.15, 0.2) is 41.2 Å². The smallest absolute Gasteiger partial charge is 0.330 e. The van der Waals surface area contributed by atoms with Crippen molar-refractivity contribution in [3.8, 4) is 11.3 Å². The second-order valence-electron chi connectivity index (χ2n) is 4.21. The van der Waals surface area contributed by atoms with Gasteiger partial charge >= 0.3 is 5.97 Å². The molecule has 2 rings (SSSR count). The second kappa shape index (κ2) is 5.88. The number of carbonyl (C=O) groups excluding carboxylic acids is 1. The minimum Gasteiger partial charge on any atom is -0.467 e. The van der Waals surface area contributed by atoms with Gasteiger partial charge in [-0.3, -0.25) is 4.79 Å². The van der Waals surface area contributed by atoms with Gasteiger partial charge < -0.3 is 4.74 Å². The highest BCUT2D eigenvalue weighted by Gasteiger charge is 2.18. The number of halogens is 1. The molecule has 0 N–H and O–H groups in total. The number of hydrogen-bond donors (Lipinski definition) is 0. The number of carbonyl (C=O) groups is 1. The summed E-state index contributed by atoms with van der Waals surface area (Å²) in [5, 5.41) is 4.82. The Hall–Kier alpha value is -2.14. The van der Waals surface area contributed by atoms with Crippen LogP contribution < -0.4 is 5.56 Å². The van der Waals surface area contributed by atoms with Gasteiger partial charge in [0.05, 0.1) is 12.8 Å². The molecule has 6 heteroatoms. The first-order chi connectivity index (χ1) is 9.52. The van der Waals surface area contributed by atoms with Crippen molar-refractivity contribution >= 4 is 17.6 Å². The summed E-state index contributed by atoms with van der Waals surface area (Å²) in [5.41, 5.74) is 1.03. The molecule has 0 aliphatic rings. The molecule has 1 aromatic heterocycles. The van der Waals surface area contributed by atoms with Gasteiger partial charge in [0.1, 0.15) is 0 Å². The van der Waals surface area contributed by atoms with Crippen molar-refractivity contribution in [1.29, 1.82) is 0 Å². The van der Waals surface area contributed by atoms with Crippen LogP contribution in [0, 0.1) is 0 Å². The molecule has 20 heavy (non-hydrogen) atoms. The molecule has 0 fully saturated rings. The molecule has 0 unspecified atom stereocenters. The highest BCUT2D eigenvalue weighted by atomic mass is 35.5. The zero-order valence-corrected chi connectivity index (χ0v) is 11.8. The summed E-state index contributed by atoms with van der Waals surface area (Å²) in [5.74, 6) is -0.521. The molecule has 2 aromatic rings. The Balaban J connectivity index is 2.45. The molecular formula is C14H13ClN2O3. The van der Waals surface area contributed by atoms with E-state index in [9.17, 15) is 9.59 Å².